The van der Waals surface area contributed by atoms with Gasteiger partial charge in [-0.25, -0.2) is 0 Å². The first kappa shape index (κ1) is 9.36. The number of aromatic nitrogens is 1. The van der Waals surface area contributed by atoms with E-state index in [2.05, 4.69) is 15.4 Å². The molecule has 4 nitrogen and oxygen atoms in total. The highest BCUT2D eigenvalue weighted by Gasteiger charge is 2.33. The Bertz CT molecular complexity index is 308. The lowest BCUT2D eigenvalue weighted by Crippen LogP contribution is -2.32. The van der Waals surface area contributed by atoms with Gasteiger partial charge in [-0.15, -0.1) is 0 Å². The number of likely N-dealkylation sites (tertiary alicyclic amines) is 1. The fourth-order valence-electron chi connectivity index (χ4n) is 2.30. The summed E-state index contributed by atoms with van der Waals surface area (Å²) in [7, 11) is 0. The summed E-state index contributed by atoms with van der Waals surface area (Å²) >= 11 is 0. The summed E-state index contributed by atoms with van der Waals surface area (Å²) in [6, 6.07) is 3.46. The third-order valence-electron chi connectivity index (χ3n) is 3.35. The van der Waals surface area contributed by atoms with Crippen LogP contribution in [0.2, 0.25) is 0 Å². The molecular weight excluding hydrogens is 190 g/mol. The monoisotopic (exact) mass is 207 g/mol. The molecule has 1 unspecified atom stereocenters. The van der Waals surface area contributed by atoms with Crippen LogP contribution in [0.5, 0.6) is 0 Å². The summed E-state index contributed by atoms with van der Waals surface area (Å²) < 4.78 is 4.80. The smallest absolute Gasteiger partial charge is 0.124 e. The molecule has 1 N–H and O–H groups in total. The normalized spacial score (nSPS) is 27.3. The van der Waals surface area contributed by atoms with E-state index in [1.54, 1.807) is 6.26 Å². The van der Waals surface area contributed by atoms with Gasteiger partial charge >= 0.3 is 0 Å². The van der Waals surface area contributed by atoms with Gasteiger partial charge in [-0.05, 0) is 19.3 Å². The summed E-state index contributed by atoms with van der Waals surface area (Å²) in [6.45, 7) is 3.31. The van der Waals surface area contributed by atoms with Gasteiger partial charge in [0.15, 0.2) is 0 Å². The number of nitrogens with one attached hydrogen (secondary N) is 1. The minimum Gasteiger partial charge on any atom is -0.364 e. The molecule has 0 aromatic carbocycles. The molecule has 2 aliphatic rings. The van der Waals surface area contributed by atoms with Crippen molar-refractivity contribution in [1.82, 2.24) is 15.4 Å². The maximum absolute atomic E-state index is 4.80. The second-order valence-electron chi connectivity index (χ2n) is 4.58. The van der Waals surface area contributed by atoms with E-state index in [9.17, 15) is 0 Å². The lowest BCUT2D eigenvalue weighted by molar-refractivity contribution is 0.316. The maximum atomic E-state index is 4.80. The Labute approximate surface area is 89.6 Å². The molecule has 0 radical (unpaired) electrons. The quantitative estimate of drug-likeness (QED) is 0.799. The molecule has 82 valence electrons. The predicted octanol–water partition coefficient (Wildman–Crippen LogP) is 1.00. The Kier molecular flexibility index (Phi) is 2.46. The molecule has 1 aliphatic heterocycles. The molecule has 2 heterocycles. The molecule has 1 saturated heterocycles. The van der Waals surface area contributed by atoms with Crippen LogP contribution in [-0.4, -0.2) is 35.2 Å². The minimum atomic E-state index is 0.641. The van der Waals surface area contributed by atoms with Gasteiger partial charge in [0.2, 0.25) is 0 Å². The van der Waals surface area contributed by atoms with Crippen LogP contribution in [0.4, 0.5) is 0 Å². The number of hydrogen-bond acceptors (Lipinski definition) is 4. The van der Waals surface area contributed by atoms with Gasteiger partial charge in [-0.3, -0.25) is 4.90 Å². The van der Waals surface area contributed by atoms with E-state index < -0.39 is 0 Å². The fraction of sp³-hybridized carbons (Fsp3) is 0.727. The molecule has 3 rings (SSSR count). The highest BCUT2D eigenvalue weighted by atomic mass is 16.5. The Balaban J connectivity index is 1.44. The van der Waals surface area contributed by atoms with Crippen LogP contribution < -0.4 is 5.32 Å². The van der Waals surface area contributed by atoms with Crippen molar-refractivity contribution in [1.29, 1.82) is 0 Å². The van der Waals surface area contributed by atoms with Crippen LogP contribution in [0.25, 0.3) is 0 Å². The standard InChI is InChI=1S/C11H17N3O/c1-2-11(1)14-5-3-10(8-14)12-7-9-4-6-15-13-9/h4,6,10-12H,1-3,5,7-8H2. The van der Waals surface area contributed by atoms with Gasteiger partial charge in [0.1, 0.15) is 6.26 Å². The topological polar surface area (TPSA) is 41.3 Å². The van der Waals surface area contributed by atoms with Crippen molar-refractivity contribution in [3.8, 4) is 0 Å². The molecule has 4 heteroatoms. The van der Waals surface area contributed by atoms with E-state index in [1.165, 1.54) is 32.4 Å². The van der Waals surface area contributed by atoms with Crippen molar-refractivity contribution >= 4 is 0 Å². The predicted molar refractivity (Wildman–Crippen MR) is 56.3 cm³/mol. The Morgan fingerprint density at radius 1 is 1.47 bits per heavy atom. The van der Waals surface area contributed by atoms with E-state index in [0.29, 0.717) is 6.04 Å². The van der Waals surface area contributed by atoms with Crippen molar-refractivity contribution in [3.05, 3.63) is 18.0 Å². The van der Waals surface area contributed by atoms with Crippen molar-refractivity contribution < 1.29 is 4.52 Å². The second-order valence-corrected chi connectivity index (χ2v) is 4.58. The average Bonchev–Trinajstić information content (AvgIpc) is 2.82. The van der Waals surface area contributed by atoms with Crippen LogP contribution in [0, 0.1) is 0 Å². The lowest BCUT2D eigenvalue weighted by atomic mass is 10.2. The first-order valence-corrected chi connectivity index (χ1v) is 5.78. The third-order valence-corrected chi connectivity index (χ3v) is 3.35. The van der Waals surface area contributed by atoms with Gasteiger partial charge in [0.05, 0.1) is 5.69 Å². The molecule has 15 heavy (non-hydrogen) atoms. The van der Waals surface area contributed by atoms with Crippen LogP contribution in [0.15, 0.2) is 16.9 Å². The zero-order chi connectivity index (χ0) is 10.1. The van der Waals surface area contributed by atoms with E-state index in [0.717, 1.165) is 18.3 Å². The van der Waals surface area contributed by atoms with Gasteiger partial charge in [0, 0.05) is 37.8 Å². The highest BCUT2D eigenvalue weighted by molar-refractivity contribution is 4.97. The van der Waals surface area contributed by atoms with Crippen molar-refractivity contribution in [2.75, 3.05) is 13.1 Å². The Morgan fingerprint density at radius 3 is 3.13 bits per heavy atom. The molecule has 1 saturated carbocycles. The third kappa shape index (κ3) is 2.21. The van der Waals surface area contributed by atoms with Crippen molar-refractivity contribution in [2.24, 2.45) is 0 Å². The first-order valence-electron chi connectivity index (χ1n) is 5.78. The maximum Gasteiger partial charge on any atom is 0.124 e. The molecule has 1 aliphatic carbocycles. The molecule has 0 spiro atoms. The van der Waals surface area contributed by atoms with Crippen LogP contribution in [0.3, 0.4) is 0 Å². The van der Waals surface area contributed by atoms with Gasteiger partial charge in [-0.2, -0.15) is 0 Å². The summed E-state index contributed by atoms with van der Waals surface area (Å²) in [5.74, 6) is 0. The molecule has 1 aromatic rings. The molecule has 1 atom stereocenters. The largest absolute Gasteiger partial charge is 0.364 e. The summed E-state index contributed by atoms with van der Waals surface area (Å²) in [5.41, 5.74) is 1.000. The number of nitrogens with zero attached hydrogens (tertiary/aromatic N) is 2. The van der Waals surface area contributed by atoms with Gasteiger partial charge in [-0.1, -0.05) is 5.16 Å². The van der Waals surface area contributed by atoms with E-state index in [1.807, 2.05) is 6.07 Å². The lowest BCUT2D eigenvalue weighted by Gasteiger charge is -2.15. The SMILES string of the molecule is c1cc(CNC2CCN(C3CC3)C2)no1. The Morgan fingerprint density at radius 2 is 2.40 bits per heavy atom. The molecule has 2 fully saturated rings. The van der Waals surface area contributed by atoms with Gasteiger partial charge in [0.25, 0.3) is 0 Å². The highest BCUT2D eigenvalue weighted by Crippen LogP contribution is 2.29. The second kappa shape index (κ2) is 3.94. The van der Waals surface area contributed by atoms with E-state index in [4.69, 9.17) is 4.52 Å². The van der Waals surface area contributed by atoms with E-state index >= 15 is 0 Å². The molecule has 1 aromatic heterocycles. The summed E-state index contributed by atoms with van der Waals surface area (Å²) in [6.07, 6.45) is 5.72. The zero-order valence-electron chi connectivity index (χ0n) is 8.85. The number of hydrogen-bond donors (Lipinski definition) is 1. The number of rotatable bonds is 4. The fourth-order valence-corrected chi connectivity index (χ4v) is 2.30. The van der Waals surface area contributed by atoms with Crippen LogP contribution in [-0.2, 0) is 6.54 Å². The van der Waals surface area contributed by atoms with Crippen LogP contribution >= 0.6 is 0 Å². The van der Waals surface area contributed by atoms with Crippen molar-refractivity contribution in [3.63, 3.8) is 0 Å². The Hall–Kier alpha value is -0.870. The molecular formula is C11H17N3O. The average molecular weight is 207 g/mol. The summed E-state index contributed by atoms with van der Waals surface area (Å²) in [5, 5.41) is 7.43. The van der Waals surface area contributed by atoms with E-state index in [-0.39, 0.29) is 0 Å². The first-order chi connectivity index (χ1) is 7.42. The summed E-state index contributed by atoms with van der Waals surface area (Å²) in [4.78, 5) is 2.61. The molecule has 0 bridgehead atoms. The molecule has 0 amide bonds. The minimum absolute atomic E-state index is 0.641. The van der Waals surface area contributed by atoms with Crippen molar-refractivity contribution in [2.45, 2.75) is 37.9 Å². The van der Waals surface area contributed by atoms with Crippen LogP contribution in [0.1, 0.15) is 25.0 Å². The van der Waals surface area contributed by atoms with Gasteiger partial charge < -0.3 is 9.84 Å². The zero-order valence-corrected chi connectivity index (χ0v) is 8.85.